The summed E-state index contributed by atoms with van der Waals surface area (Å²) in [6.45, 7) is 0.0749. The van der Waals surface area contributed by atoms with E-state index in [0.29, 0.717) is 22.8 Å². The molecule has 1 N–H and O–H groups in total. The number of nitrogens with zero attached hydrogens (tertiary/aromatic N) is 2. The molecule has 1 saturated carbocycles. The first-order valence-electron chi connectivity index (χ1n) is 11.9. The number of hydrogen-bond acceptors (Lipinski definition) is 6. The van der Waals surface area contributed by atoms with Gasteiger partial charge in [-0.2, -0.15) is 0 Å². The molecule has 1 aliphatic rings. The van der Waals surface area contributed by atoms with E-state index in [4.69, 9.17) is 13.9 Å². The van der Waals surface area contributed by atoms with Crippen LogP contribution in [0.4, 0.5) is 0 Å². The quantitative estimate of drug-likeness (QED) is 0.487. The number of aromatic nitrogens is 1. The van der Waals surface area contributed by atoms with Gasteiger partial charge in [0.25, 0.3) is 5.91 Å². The van der Waals surface area contributed by atoms with Gasteiger partial charge in [-0.25, -0.2) is 0 Å². The summed E-state index contributed by atoms with van der Waals surface area (Å²) in [6.07, 6.45) is 8.24. The van der Waals surface area contributed by atoms with Crippen LogP contribution in [-0.2, 0) is 11.3 Å². The SMILES string of the molecule is COc1ccc(OC)c(C(C(=O)NC2CCCCC2)N(Cc2ccco2)C(=O)c2ccccn2)c1. The fourth-order valence-electron chi connectivity index (χ4n) is 4.52. The van der Waals surface area contributed by atoms with Gasteiger partial charge in [0.2, 0.25) is 5.91 Å². The molecule has 0 spiro atoms. The molecule has 4 rings (SSSR count). The number of nitrogens with one attached hydrogen (secondary N) is 1. The summed E-state index contributed by atoms with van der Waals surface area (Å²) >= 11 is 0. The van der Waals surface area contributed by atoms with Crippen molar-refractivity contribution in [2.24, 2.45) is 0 Å². The average Bonchev–Trinajstić information content (AvgIpc) is 3.42. The molecule has 8 nitrogen and oxygen atoms in total. The lowest BCUT2D eigenvalue weighted by Crippen LogP contribution is -2.47. The first kappa shape index (κ1) is 24.3. The van der Waals surface area contributed by atoms with Crippen LogP contribution in [0.25, 0.3) is 0 Å². The lowest BCUT2D eigenvalue weighted by molar-refractivity contribution is -0.127. The van der Waals surface area contributed by atoms with Gasteiger partial charge in [-0.05, 0) is 55.3 Å². The van der Waals surface area contributed by atoms with E-state index in [9.17, 15) is 9.59 Å². The summed E-state index contributed by atoms with van der Waals surface area (Å²) in [5.74, 6) is 0.911. The zero-order valence-electron chi connectivity index (χ0n) is 20.1. The molecule has 1 aliphatic carbocycles. The standard InChI is InChI=1S/C27H31N3O5/c1-33-20-13-14-24(34-2)22(17-20)25(26(31)29-19-9-4-3-5-10-19)30(18-21-11-8-16-35-21)27(32)23-12-6-7-15-28-23/h6-8,11-17,19,25H,3-5,9-10,18H2,1-2H3,(H,29,31). The van der Waals surface area contributed by atoms with Crippen LogP contribution in [0.2, 0.25) is 0 Å². The minimum Gasteiger partial charge on any atom is -0.497 e. The van der Waals surface area contributed by atoms with E-state index in [1.807, 2.05) is 0 Å². The third-order valence-electron chi connectivity index (χ3n) is 6.29. The predicted octanol–water partition coefficient (Wildman–Crippen LogP) is 4.52. The minimum atomic E-state index is -0.999. The molecule has 1 atom stereocenters. The van der Waals surface area contributed by atoms with Crippen molar-refractivity contribution in [3.8, 4) is 11.5 Å². The number of ether oxygens (including phenoxy) is 2. The van der Waals surface area contributed by atoms with E-state index in [0.717, 1.165) is 25.7 Å². The van der Waals surface area contributed by atoms with Crippen LogP contribution < -0.4 is 14.8 Å². The maximum Gasteiger partial charge on any atom is 0.273 e. The summed E-state index contributed by atoms with van der Waals surface area (Å²) < 4.78 is 16.6. The smallest absolute Gasteiger partial charge is 0.273 e. The van der Waals surface area contributed by atoms with Crippen LogP contribution in [-0.4, -0.2) is 42.0 Å². The second kappa shape index (κ2) is 11.6. The van der Waals surface area contributed by atoms with Gasteiger partial charge < -0.3 is 24.1 Å². The third kappa shape index (κ3) is 5.82. The lowest BCUT2D eigenvalue weighted by Gasteiger charge is -2.33. The molecule has 2 aromatic heterocycles. The maximum absolute atomic E-state index is 13.9. The first-order valence-corrected chi connectivity index (χ1v) is 11.9. The molecule has 0 aliphatic heterocycles. The second-order valence-corrected chi connectivity index (χ2v) is 8.58. The molecule has 2 heterocycles. The van der Waals surface area contributed by atoms with Crippen molar-refractivity contribution < 1.29 is 23.5 Å². The Kier molecular flexibility index (Phi) is 8.03. The van der Waals surface area contributed by atoms with Crippen molar-refractivity contribution in [1.29, 1.82) is 0 Å². The number of benzene rings is 1. The maximum atomic E-state index is 13.9. The molecular weight excluding hydrogens is 446 g/mol. The Hall–Kier alpha value is -3.81. The Morgan fingerprint density at radius 1 is 1.09 bits per heavy atom. The Labute approximate surface area is 205 Å². The Morgan fingerprint density at radius 3 is 2.57 bits per heavy atom. The molecule has 1 aromatic carbocycles. The summed E-state index contributed by atoms with van der Waals surface area (Å²) in [7, 11) is 3.10. The van der Waals surface area contributed by atoms with Crippen molar-refractivity contribution in [3.63, 3.8) is 0 Å². The van der Waals surface area contributed by atoms with Crippen LogP contribution in [0.5, 0.6) is 11.5 Å². The lowest BCUT2D eigenvalue weighted by atomic mass is 9.94. The highest BCUT2D eigenvalue weighted by atomic mass is 16.5. The van der Waals surface area contributed by atoms with Gasteiger partial charge in [-0.15, -0.1) is 0 Å². The molecule has 0 saturated heterocycles. The fourth-order valence-corrected chi connectivity index (χ4v) is 4.52. The predicted molar refractivity (Wildman–Crippen MR) is 130 cm³/mol. The van der Waals surface area contributed by atoms with Crippen LogP contribution >= 0.6 is 0 Å². The van der Waals surface area contributed by atoms with Crippen LogP contribution in [0.1, 0.15) is 60.0 Å². The molecule has 2 amide bonds. The van der Waals surface area contributed by atoms with Gasteiger partial charge in [-0.1, -0.05) is 25.3 Å². The molecule has 184 valence electrons. The summed E-state index contributed by atoms with van der Waals surface area (Å²) in [5, 5.41) is 3.19. The zero-order chi connectivity index (χ0) is 24.6. The second-order valence-electron chi connectivity index (χ2n) is 8.58. The Morgan fingerprint density at radius 2 is 1.91 bits per heavy atom. The van der Waals surface area contributed by atoms with Crippen molar-refractivity contribution >= 4 is 11.8 Å². The molecule has 0 bridgehead atoms. The number of carbonyl (C=O) groups is 2. The average molecular weight is 478 g/mol. The van der Waals surface area contributed by atoms with Gasteiger partial charge in [0.15, 0.2) is 0 Å². The summed E-state index contributed by atoms with van der Waals surface area (Å²) in [6, 6.07) is 13.0. The largest absolute Gasteiger partial charge is 0.497 e. The highest BCUT2D eigenvalue weighted by molar-refractivity contribution is 5.97. The number of methoxy groups -OCH3 is 2. The number of furan rings is 1. The third-order valence-corrected chi connectivity index (χ3v) is 6.29. The van der Waals surface area contributed by atoms with Crippen molar-refractivity contribution in [3.05, 3.63) is 78.0 Å². The molecule has 1 unspecified atom stereocenters. The Bertz CT molecular complexity index is 1110. The monoisotopic (exact) mass is 477 g/mol. The van der Waals surface area contributed by atoms with Gasteiger partial charge in [0.05, 0.1) is 27.0 Å². The van der Waals surface area contributed by atoms with Crippen LogP contribution in [0.15, 0.2) is 65.4 Å². The highest BCUT2D eigenvalue weighted by Gasteiger charge is 2.36. The van der Waals surface area contributed by atoms with Gasteiger partial charge in [0, 0.05) is 17.8 Å². The van der Waals surface area contributed by atoms with Crippen LogP contribution in [0.3, 0.4) is 0 Å². The number of hydrogen-bond donors (Lipinski definition) is 1. The van der Waals surface area contributed by atoms with E-state index in [-0.39, 0.29) is 24.2 Å². The molecule has 0 radical (unpaired) electrons. The molecule has 8 heteroatoms. The van der Waals surface area contributed by atoms with Gasteiger partial charge >= 0.3 is 0 Å². The molecular formula is C27H31N3O5. The Balaban J connectivity index is 1.80. The first-order chi connectivity index (χ1) is 17.1. The molecule has 3 aromatic rings. The van der Waals surface area contributed by atoms with Crippen molar-refractivity contribution in [2.75, 3.05) is 14.2 Å². The number of amides is 2. The number of rotatable bonds is 9. The van der Waals surface area contributed by atoms with Gasteiger partial charge in [-0.3, -0.25) is 14.6 Å². The van der Waals surface area contributed by atoms with Crippen molar-refractivity contribution in [2.45, 2.75) is 50.7 Å². The summed E-state index contributed by atoms with van der Waals surface area (Å²) in [5.41, 5.74) is 0.757. The summed E-state index contributed by atoms with van der Waals surface area (Å²) in [4.78, 5) is 33.5. The van der Waals surface area contributed by atoms with E-state index >= 15 is 0 Å². The fraction of sp³-hybridized carbons (Fsp3) is 0.370. The van der Waals surface area contributed by atoms with Crippen molar-refractivity contribution in [1.82, 2.24) is 15.2 Å². The van der Waals surface area contributed by atoms with E-state index in [1.165, 1.54) is 11.3 Å². The molecule has 1 fully saturated rings. The number of pyridine rings is 1. The van der Waals surface area contributed by atoms with Gasteiger partial charge in [0.1, 0.15) is 29.0 Å². The molecule has 35 heavy (non-hydrogen) atoms. The van der Waals surface area contributed by atoms with E-state index in [2.05, 4.69) is 10.3 Å². The topological polar surface area (TPSA) is 93.9 Å². The highest BCUT2D eigenvalue weighted by Crippen LogP contribution is 2.35. The van der Waals surface area contributed by atoms with Crippen LogP contribution in [0, 0.1) is 0 Å². The zero-order valence-corrected chi connectivity index (χ0v) is 20.1. The number of carbonyl (C=O) groups excluding carboxylic acids is 2. The minimum absolute atomic E-state index is 0.0609. The van der Waals surface area contributed by atoms with E-state index in [1.54, 1.807) is 75.2 Å². The normalized spacial score (nSPS) is 14.7. The van der Waals surface area contributed by atoms with E-state index < -0.39 is 11.9 Å².